The summed E-state index contributed by atoms with van der Waals surface area (Å²) in [6.07, 6.45) is 0. The summed E-state index contributed by atoms with van der Waals surface area (Å²) in [6.45, 7) is 5.51. The molecule has 156 valence electrons. The van der Waals surface area contributed by atoms with Crippen LogP contribution in [0.5, 0.6) is 5.75 Å². The molecule has 9 heteroatoms. The van der Waals surface area contributed by atoms with Crippen molar-refractivity contribution in [3.8, 4) is 5.75 Å². The van der Waals surface area contributed by atoms with Gasteiger partial charge in [0.2, 0.25) is 0 Å². The van der Waals surface area contributed by atoms with Gasteiger partial charge in [0, 0.05) is 17.8 Å². The number of hydrogen-bond donors (Lipinski definition) is 1. The molecule has 0 heterocycles. The molecule has 0 bridgehead atoms. The molecule has 1 aromatic carbocycles. The van der Waals surface area contributed by atoms with Gasteiger partial charge >= 0.3 is 17.9 Å². The quantitative estimate of drug-likeness (QED) is 0.315. The van der Waals surface area contributed by atoms with Crippen LogP contribution < -0.4 is 10.5 Å². The Bertz CT molecular complexity index is 644. The normalized spacial score (nSPS) is 10.4. The average molecular weight is 396 g/mol. The fourth-order valence-electron chi connectivity index (χ4n) is 2.39. The second-order valence-corrected chi connectivity index (χ2v) is 5.72. The third-order valence-corrected chi connectivity index (χ3v) is 3.45. The van der Waals surface area contributed by atoms with E-state index in [1.165, 1.54) is 0 Å². The number of carbonyl (C=O) groups is 3. The Morgan fingerprint density at radius 3 is 1.96 bits per heavy atom. The summed E-state index contributed by atoms with van der Waals surface area (Å²) in [5, 5.41) is 0. The molecule has 0 spiro atoms. The van der Waals surface area contributed by atoms with Gasteiger partial charge in [0.1, 0.15) is 5.75 Å². The highest BCUT2D eigenvalue weighted by Gasteiger charge is 2.19. The summed E-state index contributed by atoms with van der Waals surface area (Å²) >= 11 is 0. The monoisotopic (exact) mass is 396 g/mol. The van der Waals surface area contributed by atoms with Gasteiger partial charge in [0.25, 0.3) is 0 Å². The van der Waals surface area contributed by atoms with Crippen molar-refractivity contribution in [2.75, 3.05) is 45.3 Å². The van der Waals surface area contributed by atoms with Gasteiger partial charge in [-0.3, -0.25) is 14.5 Å². The molecule has 0 fully saturated rings. The zero-order chi connectivity index (χ0) is 20.9. The highest BCUT2D eigenvalue weighted by molar-refractivity contribution is 5.75. The first-order valence-electron chi connectivity index (χ1n) is 9.09. The van der Waals surface area contributed by atoms with Crippen molar-refractivity contribution in [2.24, 2.45) is 0 Å². The zero-order valence-electron chi connectivity index (χ0n) is 16.6. The molecule has 0 aromatic heterocycles. The molecule has 0 atom stereocenters. The van der Waals surface area contributed by atoms with Gasteiger partial charge in [-0.2, -0.15) is 0 Å². The van der Waals surface area contributed by atoms with E-state index >= 15 is 0 Å². The van der Waals surface area contributed by atoms with E-state index in [9.17, 15) is 14.4 Å². The molecule has 1 aromatic rings. The van der Waals surface area contributed by atoms with Crippen LogP contribution in [0.2, 0.25) is 0 Å². The Labute approximate surface area is 164 Å². The standard InChI is InChI=1S/C19H28N2O7/c1-4-25-17(22)11-21(12-18(23)26-5-2)10-14-9-15(20)7-8-16(14)28-13-19(24)27-6-3/h7-9H,4-6,10-13,20H2,1-3H3. The summed E-state index contributed by atoms with van der Waals surface area (Å²) in [6, 6.07) is 4.91. The Hall–Kier alpha value is -2.81. The van der Waals surface area contributed by atoms with Crippen molar-refractivity contribution < 1.29 is 33.3 Å². The van der Waals surface area contributed by atoms with Crippen LogP contribution in [0.4, 0.5) is 5.69 Å². The third kappa shape index (κ3) is 8.72. The third-order valence-electron chi connectivity index (χ3n) is 3.45. The predicted molar refractivity (Wildman–Crippen MR) is 102 cm³/mol. The summed E-state index contributed by atoms with van der Waals surface area (Å²) in [5.74, 6) is -1.03. The Balaban J connectivity index is 2.94. The van der Waals surface area contributed by atoms with Crippen molar-refractivity contribution in [3.63, 3.8) is 0 Å². The second kappa shape index (κ2) is 12.6. The highest BCUT2D eigenvalue weighted by atomic mass is 16.6. The SMILES string of the molecule is CCOC(=O)COc1ccc(N)cc1CN(CC(=O)OCC)CC(=O)OCC. The first-order valence-corrected chi connectivity index (χ1v) is 9.09. The van der Waals surface area contributed by atoms with Crippen LogP contribution in [0.25, 0.3) is 0 Å². The Kier molecular flexibility index (Phi) is 10.4. The molecule has 0 saturated carbocycles. The van der Waals surface area contributed by atoms with E-state index in [1.807, 2.05) is 0 Å². The van der Waals surface area contributed by atoms with Gasteiger partial charge < -0.3 is 24.7 Å². The molecule has 9 nitrogen and oxygen atoms in total. The summed E-state index contributed by atoms with van der Waals surface area (Å²) in [4.78, 5) is 36.9. The largest absolute Gasteiger partial charge is 0.482 e. The van der Waals surface area contributed by atoms with E-state index in [1.54, 1.807) is 43.9 Å². The maximum absolute atomic E-state index is 11.9. The van der Waals surface area contributed by atoms with Crippen LogP contribution >= 0.6 is 0 Å². The predicted octanol–water partition coefficient (Wildman–Crippen LogP) is 1.14. The lowest BCUT2D eigenvalue weighted by Gasteiger charge is -2.22. The van der Waals surface area contributed by atoms with Crippen LogP contribution in [0.15, 0.2) is 18.2 Å². The molecule has 0 aliphatic carbocycles. The average Bonchev–Trinajstić information content (AvgIpc) is 2.61. The molecule has 0 saturated heterocycles. The van der Waals surface area contributed by atoms with Gasteiger partial charge in [0.05, 0.1) is 32.9 Å². The minimum atomic E-state index is -0.500. The number of rotatable bonds is 12. The second-order valence-electron chi connectivity index (χ2n) is 5.72. The minimum absolute atomic E-state index is 0.112. The smallest absolute Gasteiger partial charge is 0.344 e. The molecular formula is C19H28N2O7. The molecule has 0 aliphatic rings. The zero-order valence-corrected chi connectivity index (χ0v) is 16.6. The van der Waals surface area contributed by atoms with E-state index in [2.05, 4.69) is 0 Å². The number of nitrogens with zero attached hydrogens (tertiary/aromatic N) is 1. The van der Waals surface area contributed by atoms with Crippen LogP contribution in [0.1, 0.15) is 26.3 Å². The molecule has 0 amide bonds. The number of hydrogen-bond acceptors (Lipinski definition) is 9. The van der Waals surface area contributed by atoms with Crippen LogP contribution in [-0.4, -0.2) is 62.3 Å². The molecule has 0 aliphatic heterocycles. The molecule has 0 radical (unpaired) electrons. The molecule has 0 unspecified atom stereocenters. The Morgan fingerprint density at radius 1 is 0.893 bits per heavy atom. The number of ether oxygens (including phenoxy) is 4. The lowest BCUT2D eigenvalue weighted by atomic mass is 10.1. The first-order chi connectivity index (χ1) is 13.4. The Morgan fingerprint density at radius 2 is 1.43 bits per heavy atom. The number of nitrogens with two attached hydrogens (primary N) is 1. The molecule has 1 rings (SSSR count). The summed E-state index contributed by atoms with van der Waals surface area (Å²) in [7, 11) is 0. The number of esters is 3. The lowest BCUT2D eigenvalue weighted by Crippen LogP contribution is -2.36. The number of anilines is 1. The maximum atomic E-state index is 11.9. The van der Waals surface area contributed by atoms with Gasteiger partial charge in [0.15, 0.2) is 6.61 Å². The number of carbonyl (C=O) groups excluding carboxylic acids is 3. The molecule has 2 N–H and O–H groups in total. The summed E-state index contributed by atoms with van der Waals surface area (Å²) in [5.41, 5.74) is 6.94. The van der Waals surface area contributed by atoms with Gasteiger partial charge in [-0.15, -0.1) is 0 Å². The van der Waals surface area contributed by atoms with Gasteiger partial charge in [-0.1, -0.05) is 0 Å². The highest BCUT2D eigenvalue weighted by Crippen LogP contribution is 2.23. The van der Waals surface area contributed by atoms with E-state index in [-0.39, 0.29) is 46.1 Å². The van der Waals surface area contributed by atoms with E-state index in [0.29, 0.717) is 17.0 Å². The first kappa shape index (κ1) is 23.2. The lowest BCUT2D eigenvalue weighted by molar-refractivity contribution is -0.148. The fourth-order valence-corrected chi connectivity index (χ4v) is 2.39. The minimum Gasteiger partial charge on any atom is -0.482 e. The van der Waals surface area contributed by atoms with Crippen molar-refractivity contribution in [1.29, 1.82) is 0 Å². The maximum Gasteiger partial charge on any atom is 0.344 e. The summed E-state index contributed by atoms with van der Waals surface area (Å²) < 4.78 is 20.3. The van der Waals surface area contributed by atoms with Crippen LogP contribution in [0.3, 0.4) is 0 Å². The van der Waals surface area contributed by atoms with Crippen LogP contribution in [0, 0.1) is 0 Å². The fraction of sp³-hybridized carbons (Fsp3) is 0.526. The van der Waals surface area contributed by atoms with E-state index < -0.39 is 17.9 Å². The van der Waals surface area contributed by atoms with Crippen molar-refractivity contribution in [3.05, 3.63) is 23.8 Å². The van der Waals surface area contributed by atoms with E-state index in [0.717, 1.165) is 0 Å². The topological polar surface area (TPSA) is 117 Å². The van der Waals surface area contributed by atoms with Gasteiger partial charge in [-0.05, 0) is 39.0 Å². The van der Waals surface area contributed by atoms with Gasteiger partial charge in [-0.25, -0.2) is 4.79 Å². The molecule has 28 heavy (non-hydrogen) atoms. The van der Waals surface area contributed by atoms with Crippen molar-refractivity contribution >= 4 is 23.6 Å². The van der Waals surface area contributed by atoms with Crippen molar-refractivity contribution in [2.45, 2.75) is 27.3 Å². The van der Waals surface area contributed by atoms with Crippen molar-refractivity contribution in [1.82, 2.24) is 4.90 Å². The number of benzene rings is 1. The number of nitrogen functional groups attached to an aromatic ring is 1. The van der Waals surface area contributed by atoms with Crippen LogP contribution in [-0.2, 0) is 35.1 Å². The van der Waals surface area contributed by atoms with E-state index in [4.69, 9.17) is 24.7 Å². The molecular weight excluding hydrogens is 368 g/mol.